The maximum atomic E-state index is 13.4. The average Bonchev–Trinajstić information content (AvgIpc) is 3.18. The first-order valence-electron chi connectivity index (χ1n) is 9.21. The molecule has 1 aromatic heterocycles. The van der Waals surface area contributed by atoms with Crippen molar-refractivity contribution in [1.82, 2.24) is 14.2 Å². The molecule has 1 saturated heterocycles. The number of nitrogens with zero attached hydrogens (tertiary/aromatic N) is 2. The number of benzene rings is 2. The average molecular weight is 452 g/mol. The SMILES string of the molecule is COc1ccc2cc(C(=O)N3CCN(S(=O)(=O)c4ccc(F)c(Cl)c4)CC3)[nH]c2c1. The summed E-state index contributed by atoms with van der Waals surface area (Å²) in [4.78, 5) is 17.5. The van der Waals surface area contributed by atoms with Crippen molar-refractivity contribution in [2.45, 2.75) is 4.90 Å². The number of carbonyl (C=O) groups excluding carboxylic acids is 1. The monoisotopic (exact) mass is 451 g/mol. The van der Waals surface area contributed by atoms with Crippen LogP contribution in [0, 0.1) is 5.82 Å². The van der Waals surface area contributed by atoms with Gasteiger partial charge in [0.25, 0.3) is 5.91 Å². The minimum Gasteiger partial charge on any atom is -0.497 e. The molecular weight excluding hydrogens is 433 g/mol. The Hall–Kier alpha value is -2.62. The molecule has 0 unspecified atom stereocenters. The number of H-pyrrole nitrogens is 1. The number of fused-ring (bicyclic) bond motifs is 1. The molecule has 2 heterocycles. The van der Waals surface area contributed by atoms with E-state index >= 15 is 0 Å². The van der Waals surface area contributed by atoms with Gasteiger partial charge in [-0.2, -0.15) is 4.31 Å². The third-order valence-electron chi connectivity index (χ3n) is 5.11. The molecule has 30 heavy (non-hydrogen) atoms. The van der Waals surface area contributed by atoms with E-state index in [4.69, 9.17) is 16.3 Å². The molecule has 0 atom stereocenters. The van der Waals surface area contributed by atoms with E-state index in [-0.39, 0.29) is 42.0 Å². The molecule has 0 radical (unpaired) electrons. The summed E-state index contributed by atoms with van der Waals surface area (Å²) in [5.74, 6) is -0.197. The summed E-state index contributed by atoms with van der Waals surface area (Å²) in [7, 11) is -2.25. The number of sulfonamides is 1. The Bertz CT molecular complexity index is 1220. The third-order valence-corrected chi connectivity index (χ3v) is 7.30. The van der Waals surface area contributed by atoms with Crippen LogP contribution in [0.1, 0.15) is 10.5 Å². The fourth-order valence-electron chi connectivity index (χ4n) is 3.44. The highest BCUT2D eigenvalue weighted by atomic mass is 35.5. The number of aromatic amines is 1. The smallest absolute Gasteiger partial charge is 0.270 e. The first kappa shape index (κ1) is 20.6. The van der Waals surface area contributed by atoms with E-state index in [9.17, 15) is 17.6 Å². The van der Waals surface area contributed by atoms with Crippen LogP contribution in [-0.4, -0.2) is 61.8 Å². The summed E-state index contributed by atoms with van der Waals surface area (Å²) in [5.41, 5.74) is 1.21. The van der Waals surface area contributed by atoms with Crippen LogP contribution in [0.15, 0.2) is 47.4 Å². The Morgan fingerprint density at radius 1 is 1.10 bits per heavy atom. The molecule has 2 aromatic carbocycles. The van der Waals surface area contributed by atoms with Crippen molar-refractivity contribution in [3.63, 3.8) is 0 Å². The quantitative estimate of drug-likeness (QED) is 0.660. The Morgan fingerprint density at radius 3 is 2.50 bits per heavy atom. The van der Waals surface area contributed by atoms with Gasteiger partial charge in [-0.15, -0.1) is 0 Å². The highest BCUT2D eigenvalue weighted by molar-refractivity contribution is 7.89. The van der Waals surface area contributed by atoms with Crippen LogP contribution < -0.4 is 4.74 Å². The fourth-order valence-corrected chi connectivity index (χ4v) is 5.13. The molecule has 4 rings (SSSR count). The van der Waals surface area contributed by atoms with Gasteiger partial charge in [0.05, 0.1) is 17.0 Å². The van der Waals surface area contributed by atoms with Crippen LogP contribution in [0.4, 0.5) is 4.39 Å². The number of methoxy groups -OCH3 is 1. The molecule has 0 spiro atoms. The highest BCUT2D eigenvalue weighted by Gasteiger charge is 2.31. The van der Waals surface area contributed by atoms with E-state index in [1.165, 1.54) is 10.4 Å². The zero-order chi connectivity index (χ0) is 21.5. The van der Waals surface area contributed by atoms with Crippen LogP contribution in [0.25, 0.3) is 10.9 Å². The number of amides is 1. The van der Waals surface area contributed by atoms with Crippen molar-refractivity contribution in [2.24, 2.45) is 0 Å². The number of piperazine rings is 1. The van der Waals surface area contributed by atoms with E-state index < -0.39 is 15.8 Å². The molecule has 0 aliphatic carbocycles. The van der Waals surface area contributed by atoms with Gasteiger partial charge >= 0.3 is 0 Å². The van der Waals surface area contributed by atoms with E-state index in [1.807, 2.05) is 18.2 Å². The fraction of sp³-hybridized carbons (Fsp3) is 0.250. The molecule has 10 heteroatoms. The van der Waals surface area contributed by atoms with Gasteiger partial charge in [0.15, 0.2) is 0 Å². The molecule has 3 aromatic rings. The number of hydrogen-bond donors (Lipinski definition) is 1. The molecule has 0 bridgehead atoms. The summed E-state index contributed by atoms with van der Waals surface area (Å²) >= 11 is 5.72. The summed E-state index contributed by atoms with van der Waals surface area (Å²) in [6, 6.07) is 10.6. The van der Waals surface area contributed by atoms with Crippen LogP contribution in [0.2, 0.25) is 5.02 Å². The largest absolute Gasteiger partial charge is 0.497 e. The summed E-state index contributed by atoms with van der Waals surface area (Å²) in [5, 5.41) is 0.633. The van der Waals surface area contributed by atoms with E-state index in [1.54, 1.807) is 18.1 Å². The second-order valence-corrected chi connectivity index (χ2v) is 9.25. The second-order valence-electron chi connectivity index (χ2n) is 6.91. The van der Waals surface area contributed by atoms with Gasteiger partial charge in [-0.05, 0) is 36.4 Å². The first-order chi connectivity index (χ1) is 14.3. The van der Waals surface area contributed by atoms with Crippen LogP contribution in [0.3, 0.4) is 0 Å². The lowest BCUT2D eigenvalue weighted by Gasteiger charge is -2.33. The Kier molecular flexibility index (Phi) is 5.44. The summed E-state index contributed by atoms with van der Waals surface area (Å²) in [6.07, 6.45) is 0. The molecule has 1 N–H and O–H groups in total. The first-order valence-corrected chi connectivity index (χ1v) is 11.0. The lowest BCUT2D eigenvalue weighted by molar-refractivity contribution is 0.0693. The standard InChI is InChI=1S/C20H19ClFN3O4S/c1-29-14-3-2-13-10-19(23-18(13)11-14)20(26)24-6-8-25(9-7-24)30(27,28)15-4-5-17(22)16(21)12-15/h2-5,10-12,23H,6-9H2,1H3. The van der Waals surface area contributed by atoms with Crippen molar-refractivity contribution in [3.05, 3.63) is 59.0 Å². The normalized spacial score (nSPS) is 15.5. The van der Waals surface area contributed by atoms with E-state index in [0.717, 1.165) is 23.0 Å². The number of ether oxygens (including phenoxy) is 1. The van der Waals surface area contributed by atoms with Gasteiger partial charge in [-0.25, -0.2) is 12.8 Å². The molecule has 158 valence electrons. The van der Waals surface area contributed by atoms with Gasteiger partial charge in [0.2, 0.25) is 10.0 Å². The predicted octanol–water partition coefficient (Wildman–Crippen LogP) is 3.12. The lowest BCUT2D eigenvalue weighted by Crippen LogP contribution is -2.50. The molecule has 1 amide bonds. The van der Waals surface area contributed by atoms with Crippen molar-refractivity contribution < 1.29 is 22.3 Å². The maximum Gasteiger partial charge on any atom is 0.270 e. The number of carbonyl (C=O) groups is 1. The Morgan fingerprint density at radius 2 is 1.83 bits per heavy atom. The molecule has 1 aliphatic rings. The van der Waals surface area contributed by atoms with Gasteiger partial charge in [-0.3, -0.25) is 4.79 Å². The molecule has 1 aliphatic heterocycles. The topological polar surface area (TPSA) is 82.7 Å². The number of halogens is 2. The van der Waals surface area contributed by atoms with Gasteiger partial charge in [0, 0.05) is 43.1 Å². The zero-order valence-electron chi connectivity index (χ0n) is 16.1. The zero-order valence-corrected chi connectivity index (χ0v) is 17.6. The number of aromatic nitrogens is 1. The molecule has 1 fully saturated rings. The van der Waals surface area contributed by atoms with Gasteiger partial charge < -0.3 is 14.6 Å². The molecule has 7 nitrogen and oxygen atoms in total. The maximum absolute atomic E-state index is 13.4. The highest BCUT2D eigenvalue weighted by Crippen LogP contribution is 2.25. The minimum atomic E-state index is -3.82. The minimum absolute atomic E-state index is 0.0711. The van der Waals surface area contributed by atoms with Gasteiger partial charge in [-0.1, -0.05) is 11.6 Å². The number of hydrogen-bond acceptors (Lipinski definition) is 4. The second kappa shape index (κ2) is 7.90. The molecule has 0 saturated carbocycles. The van der Waals surface area contributed by atoms with Crippen molar-refractivity contribution in [2.75, 3.05) is 33.3 Å². The third kappa shape index (κ3) is 3.76. The summed E-state index contributed by atoms with van der Waals surface area (Å²) in [6.45, 7) is 0.756. The van der Waals surface area contributed by atoms with Crippen LogP contribution in [0.5, 0.6) is 5.75 Å². The lowest BCUT2D eigenvalue weighted by atomic mass is 10.2. The van der Waals surface area contributed by atoms with Crippen LogP contribution >= 0.6 is 11.6 Å². The number of nitrogens with one attached hydrogen (secondary N) is 1. The van der Waals surface area contributed by atoms with Crippen LogP contribution in [-0.2, 0) is 10.0 Å². The Balaban J connectivity index is 1.47. The van der Waals surface area contributed by atoms with Crippen molar-refractivity contribution >= 4 is 38.4 Å². The summed E-state index contributed by atoms with van der Waals surface area (Å²) < 4.78 is 45.4. The number of rotatable bonds is 4. The predicted molar refractivity (Wildman–Crippen MR) is 111 cm³/mol. The van der Waals surface area contributed by atoms with E-state index in [2.05, 4.69) is 4.98 Å². The Labute approximate surface area is 178 Å². The van der Waals surface area contributed by atoms with Crippen molar-refractivity contribution in [3.8, 4) is 5.75 Å². The molecular formula is C20H19ClFN3O4S. The van der Waals surface area contributed by atoms with Crippen molar-refractivity contribution in [1.29, 1.82) is 0 Å². The van der Waals surface area contributed by atoms with E-state index in [0.29, 0.717) is 11.4 Å². The van der Waals surface area contributed by atoms with Gasteiger partial charge in [0.1, 0.15) is 17.3 Å².